The van der Waals surface area contributed by atoms with Crippen LogP contribution < -0.4 is 0 Å². The van der Waals surface area contributed by atoms with Crippen LogP contribution in [0.4, 0.5) is 0 Å². The summed E-state index contributed by atoms with van der Waals surface area (Å²) < 4.78 is 30.6. The lowest BCUT2D eigenvalue weighted by molar-refractivity contribution is 0.0377. The van der Waals surface area contributed by atoms with E-state index in [1.807, 2.05) is 6.07 Å². The lowest BCUT2D eigenvalue weighted by Crippen LogP contribution is -2.21. The highest BCUT2D eigenvalue weighted by molar-refractivity contribution is 7.54. The van der Waals surface area contributed by atoms with E-state index in [0.717, 1.165) is 25.7 Å². The molecule has 0 unspecified atom stereocenters. The zero-order valence-electron chi connectivity index (χ0n) is 16.2. The highest BCUT2D eigenvalue weighted by Gasteiger charge is 2.38. The van der Waals surface area contributed by atoms with Crippen LogP contribution in [-0.2, 0) is 18.3 Å². The van der Waals surface area contributed by atoms with Gasteiger partial charge < -0.3 is 13.8 Å². The van der Waals surface area contributed by atoms with Gasteiger partial charge in [0.15, 0.2) is 5.85 Å². The Balaban J connectivity index is 1.62. The number of hydrogen-bond acceptors (Lipinski definition) is 5. The molecule has 27 heavy (non-hydrogen) atoms. The second-order valence-electron chi connectivity index (χ2n) is 7.80. The molecule has 1 aromatic carbocycles. The monoisotopic (exact) mass is 394 g/mol. The van der Waals surface area contributed by atoms with E-state index < -0.39 is 19.4 Å². The largest absolute Gasteiger partial charge is 0.446 e. The fraction of sp³-hybridized carbons (Fsp3) is 0.667. The van der Waals surface area contributed by atoms with E-state index in [4.69, 9.17) is 13.8 Å². The van der Waals surface area contributed by atoms with Crippen LogP contribution in [0.2, 0.25) is 0 Å². The molecule has 0 heterocycles. The Hall–Kier alpha value is -1.16. The Morgan fingerprint density at radius 2 is 1.44 bits per heavy atom. The number of carbonyl (C=O) groups is 1. The zero-order valence-corrected chi connectivity index (χ0v) is 17.1. The number of carbonyl (C=O) groups excluding carboxylic acids is 1. The Morgan fingerprint density at radius 3 is 1.93 bits per heavy atom. The molecule has 0 aliphatic heterocycles. The number of hydrogen-bond donors (Lipinski definition) is 0. The third-order valence-electron chi connectivity index (χ3n) is 5.66. The molecule has 3 rings (SSSR count). The van der Waals surface area contributed by atoms with Crippen LogP contribution in [0.3, 0.4) is 0 Å². The predicted octanol–water partition coefficient (Wildman–Crippen LogP) is 5.80. The molecule has 0 aromatic heterocycles. The summed E-state index contributed by atoms with van der Waals surface area (Å²) in [5.41, 5.74) is 0.433. The average Bonchev–Trinajstić information content (AvgIpc) is 3.39. The summed E-state index contributed by atoms with van der Waals surface area (Å²) in [6, 6.07) is 8.74. The molecule has 1 aromatic rings. The highest BCUT2D eigenvalue weighted by atomic mass is 31.2. The van der Waals surface area contributed by atoms with Crippen molar-refractivity contribution in [3.63, 3.8) is 0 Å². The summed E-state index contributed by atoms with van der Waals surface area (Å²) in [5, 5.41) is 0. The molecule has 0 spiro atoms. The van der Waals surface area contributed by atoms with Gasteiger partial charge in [-0.1, -0.05) is 43.9 Å². The van der Waals surface area contributed by atoms with Gasteiger partial charge in [-0.2, -0.15) is 0 Å². The molecule has 0 N–H and O–H groups in total. The summed E-state index contributed by atoms with van der Waals surface area (Å²) in [7, 11) is -3.53. The minimum atomic E-state index is -3.53. The second kappa shape index (κ2) is 9.86. The molecule has 5 nitrogen and oxygen atoms in total. The molecular weight excluding hydrogens is 363 g/mol. The molecule has 2 fully saturated rings. The van der Waals surface area contributed by atoms with E-state index in [0.29, 0.717) is 30.6 Å². The van der Waals surface area contributed by atoms with Crippen molar-refractivity contribution in [2.24, 2.45) is 11.8 Å². The van der Waals surface area contributed by atoms with Crippen LogP contribution in [0.15, 0.2) is 30.3 Å². The van der Waals surface area contributed by atoms with Crippen molar-refractivity contribution in [2.75, 3.05) is 13.2 Å². The first-order valence-electron chi connectivity index (χ1n) is 10.2. The zero-order chi connectivity index (χ0) is 19.1. The summed E-state index contributed by atoms with van der Waals surface area (Å²) in [4.78, 5) is 12.4. The third-order valence-corrected chi connectivity index (χ3v) is 7.68. The van der Waals surface area contributed by atoms with Gasteiger partial charge in [0.2, 0.25) is 0 Å². The maximum Gasteiger partial charge on any atom is 0.370 e. The van der Waals surface area contributed by atoms with Gasteiger partial charge in [0, 0.05) is 0 Å². The third kappa shape index (κ3) is 5.91. The first-order chi connectivity index (χ1) is 13.1. The molecule has 2 aliphatic rings. The van der Waals surface area contributed by atoms with E-state index in [1.54, 1.807) is 31.2 Å². The standard InChI is InChI=1S/C21H31O5P/c1-17(26-21(22)20-13-3-2-4-14-20)27(23,24-15-18-9-5-6-10-18)25-16-19-11-7-8-12-19/h2-4,13-14,17-19H,5-12,15-16H2,1H3/t17-/m0/s1. The number of benzene rings is 1. The minimum absolute atomic E-state index is 0.412. The lowest BCUT2D eigenvalue weighted by atomic mass is 10.1. The van der Waals surface area contributed by atoms with Crippen LogP contribution in [0.25, 0.3) is 0 Å². The summed E-state index contributed by atoms with van der Waals surface area (Å²) in [6.45, 7) is 2.44. The SMILES string of the molecule is C[C@@H](OC(=O)c1ccccc1)P(=O)(OCC1CCCC1)OCC1CCCC1. The smallest absolute Gasteiger partial charge is 0.370 e. The van der Waals surface area contributed by atoms with Gasteiger partial charge >= 0.3 is 13.6 Å². The van der Waals surface area contributed by atoms with E-state index in [-0.39, 0.29) is 0 Å². The molecule has 6 heteroatoms. The maximum absolute atomic E-state index is 13.5. The van der Waals surface area contributed by atoms with Gasteiger partial charge in [-0.15, -0.1) is 0 Å². The van der Waals surface area contributed by atoms with E-state index >= 15 is 0 Å². The summed E-state index contributed by atoms with van der Waals surface area (Å²) in [6.07, 6.45) is 9.17. The predicted molar refractivity (Wildman–Crippen MR) is 105 cm³/mol. The van der Waals surface area contributed by atoms with Crippen LogP contribution >= 0.6 is 7.60 Å². The molecule has 0 amide bonds. The van der Waals surface area contributed by atoms with Crippen molar-refractivity contribution in [3.05, 3.63) is 35.9 Å². The van der Waals surface area contributed by atoms with Gasteiger partial charge in [-0.3, -0.25) is 4.57 Å². The summed E-state index contributed by atoms with van der Waals surface area (Å²) >= 11 is 0. The fourth-order valence-electron chi connectivity index (χ4n) is 3.88. The Labute approximate surface area is 162 Å². The van der Waals surface area contributed by atoms with Crippen LogP contribution in [0.5, 0.6) is 0 Å². The van der Waals surface area contributed by atoms with Gasteiger partial charge in [-0.05, 0) is 56.6 Å². The van der Waals surface area contributed by atoms with Gasteiger partial charge in [0.1, 0.15) is 0 Å². The molecule has 2 saturated carbocycles. The molecular formula is C21H31O5P. The van der Waals surface area contributed by atoms with Crippen molar-refractivity contribution in [3.8, 4) is 0 Å². The number of esters is 1. The summed E-state index contributed by atoms with van der Waals surface area (Å²) in [5.74, 6) is -0.582. The number of rotatable bonds is 9. The molecule has 150 valence electrons. The topological polar surface area (TPSA) is 61.8 Å². The normalized spacial score (nSPS) is 20.0. The van der Waals surface area contributed by atoms with Crippen LogP contribution in [0.1, 0.15) is 68.6 Å². The average molecular weight is 394 g/mol. The van der Waals surface area contributed by atoms with E-state index in [9.17, 15) is 9.36 Å². The van der Waals surface area contributed by atoms with Gasteiger partial charge in [-0.25, -0.2) is 4.79 Å². The number of ether oxygens (including phenoxy) is 1. The van der Waals surface area contributed by atoms with Crippen molar-refractivity contribution in [1.29, 1.82) is 0 Å². The van der Waals surface area contributed by atoms with Gasteiger partial charge in [0.05, 0.1) is 18.8 Å². The molecule has 0 bridgehead atoms. The van der Waals surface area contributed by atoms with Crippen LogP contribution in [0, 0.1) is 11.8 Å². The van der Waals surface area contributed by atoms with E-state index in [2.05, 4.69) is 0 Å². The minimum Gasteiger partial charge on any atom is -0.446 e. The second-order valence-corrected chi connectivity index (χ2v) is 10.1. The highest BCUT2D eigenvalue weighted by Crippen LogP contribution is 2.55. The first-order valence-corrected chi connectivity index (χ1v) is 11.8. The molecule has 0 radical (unpaired) electrons. The fourth-order valence-corrected chi connectivity index (χ4v) is 5.44. The molecule has 2 aliphatic carbocycles. The maximum atomic E-state index is 13.5. The van der Waals surface area contributed by atoms with Crippen molar-refractivity contribution in [2.45, 2.75) is 64.1 Å². The van der Waals surface area contributed by atoms with Crippen molar-refractivity contribution in [1.82, 2.24) is 0 Å². The van der Waals surface area contributed by atoms with Gasteiger partial charge in [0.25, 0.3) is 0 Å². The van der Waals surface area contributed by atoms with E-state index in [1.165, 1.54) is 25.7 Å². The van der Waals surface area contributed by atoms with Crippen LogP contribution in [-0.4, -0.2) is 25.0 Å². The Morgan fingerprint density at radius 1 is 0.963 bits per heavy atom. The molecule has 0 saturated heterocycles. The first kappa shape index (κ1) is 20.6. The Kier molecular flexibility index (Phi) is 7.51. The Bertz CT molecular complexity index is 611. The van der Waals surface area contributed by atoms with Crippen molar-refractivity contribution < 1.29 is 23.1 Å². The quantitative estimate of drug-likeness (QED) is 0.391. The molecule has 1 atom stereocenters. The van der Waals surface area contributed by atoms with Crippen molar-refractivity contribution >= 4 is 13.6 Å². The lowest BCUT2D eigenvalue weighted by Gasteiger charge is -2.26.